The largest absolute Gasteiger partial charge is 0.488 e. The van der Waals surface area contributed by atoms with Crippen molar-refractivity contribution >= 4 is 24.2 Å². The number of aryl methyl sites for hydroxylation is 4. The Balaban J connectivity index is 0.000000189. The Bertz CT molecular complexity index is 1210. The van der Waals surface area contributed by atoms with Crippen LogP contribution in [-0.4, -0.2) is 37.1 Å². The van der Waals surface area contributed by atoms with Gasteiger partial charge in [-0.3, -0.25) is 15.0 Å². The Labute approximate surface area is 202 Å². The van der Waals surface area contributed by atoms with Gasteiger partial charge in [-0.2, -0.15) is 0 Å². The van der Waals surface area contributed by atoms with Gasteiger partial charge in [0.05, 0.1) is 28.5 Å². The van der Waals surface area contributed by atoms with Gasteiger partial charge < -0.3 is 10.0 Å². The maximum Gasteiger partial charge on any atom is 0.488 e. The van der Waals surface area contributed by atoms with Gasteiger partial charge in [0.2, 0.25) is 0 Å². The highest BCUT2D eigenvalue weighted by Gasteiger charge is 2.09. The molecule has 2 heterocycles. The Morgan fingerprint density at radius 2 is 1.18 bits per heavy atom. The van der Waals surface area contributed by atoms with Crippen molar-refractivity contribution in [1.82, 2.24) is 19.9 Å². The molecule has 0 fully saturated rings. The van der Waals surface area contributed by atoms with Crippen molar-refractivity contribution in [3.63, 3.8) is 0 Å². The summed E-state index contributed by atoms with van der Waals surface area (Å²) in [6.07, 6.45) is 3.36. The molecular formula is C24H24BClF2N4O2. The van der Waals surface area contributed by atoms with E-state index >= 15 is 0 Å². The molecule has 0 radical (unpaired) electrons. The van der Waals surface area contributed by atoms with Crippen molar-refractivity contribution < 1.29 is 18.8 Å². The smallest absolute Gasteiger partial charge is 0.423 e. The second-order valence-electron chi connectivity index (χ2n) is 7.27. The van der Waals surface area contributed by atoms with Gasteiger partial charge in [-0.25, -0.2) is 13.8 Å². The summed E-state index contributed by atoms with van der Waals surface area (Å²) in [6, 6.07) is 11.3. The van der Waals surface area contributed by atoms with Crippen LogP contribution in [0.4, 0.5) is 8.78 Å². The van der Waals surface area contributed by atoms with Crippen LogP contribution in [0.15, 0.2) is 60.9 Å². The van der Waals surface area contributed by atoms with E-state index in [4.69, 9.17) is 21.6 Å². The number of rotatable bonds is 2. The van der Waals surface area contributed by atoms with E-state index in [1.807, 2.05) is 27.7 Å². The highest BCUT2D eigenvalue weighted by molar-refractivity contribution is 6.58. The quantitative estimate of drug-likeness (QED) is 0.415. The highest BCUT2D eigenvalue weighted by atomic mass is 35.5. The van der Waals surface area contributed by atoms with Gasteiger partial charge >= 0.3 is 7.12 Å². The first-order valence-corrected chi connectivity index (χ1v) is 10.6. The first-order valence-electron chi connectivity index (χ1n) is 10.2. The second-order valence-corrected chi connectivity index (χ2v) is 7.62. The van der Waals surface area contributed by atoms with Gasteiger partial charge in [-0.15, -0.1) is 0 Å². The van der Waals surface area contributed by atoms with Gasteiger partial charge in [0.25, 0.3) is 0 Å². The Hall–Kier alpha value is -3.27. The maximum atomic E-state index is 12.7. The predicted molar refractivity (Wildman–Crippen MR) is 130 cm³/mol. The van der Waals surface area contributed by atoms with Crippen molar-refractivity contribution in [2.75, 3.05) is 0 Å². The third-order valence-corrected chi connectivity index (χ3v) is 4.73. The molecule has 2 aromatic heterocycles. The molecule has 4 rings (SSSR count). The molecule has 2 aromatic carbocycles. The van der Waals surface area contributed by atoms with Crippen LogP contribution in [0.25, 0.3) is 11.3 Å². The van der Waals surface area contributed by atoms with E-state index < -0.39 is 7.12 Å². The van der Waals surface area contributed by atoms with E-state index in [9.17, 15) is 8.78 Å². The van der Waals surface area contributed by atoms with Crippen LogP contribution in [0.5, 0.6) is 0 Å². The van der Waals surface area contributed by atoms with E-state index in [1.165, 1.54) is 36.4 Å². The van der Waals surface area contributed by atoms with E-state index in [-0.39, 0.29) is 11.6 Å². The Morgan fingerprint density at radius 1 is 0.706 bits per heavy atom. The van der Waals surface area contributed by atoms with Crippen LogP contribution in [0.1, 0.15) is 22.8 Å². The zero-order valence-electron chi connectivity index (χ0n) is 19.2. The molecule has 0 spiro atoms. The van der Waals surface area contributed by atoms with Crippen molar-refractivity contribution in [3.8, 4) is 11.3 Å². The monoisotopic (exact) mass is 484 g/mol. The van der Waals surface area contributed by atoms with E-state index in [2.05, 4.69) is 19.9 Å². The van der Waals surface area contributed by atoms with Crippen molar-refractivity contribution in [2.45, 2.75) is 27.7 Å². The van der Waals surface area contributed by atoms with Gasteiger partial charge in [0, 0.05) is 18.0 Å². The van der Waals surface area contributed by atoms with E-state index in [0.29, 0.717) is 10.6 Å². The Morgan fingerprint density at radius 3 is 1.62 bits per heavy atom. The average molecular weight is 485 g/mol. The lowest BCUT2D eigenvalue weighted by Crippen LogP contribution is -2.29. The fourth-order valence-corrected chi connectivity index (χ4v) is 2.80. The fourth-order valence-electron chi connectivity index (χ4n) is 2.71. The summed E-state index contributed by atoms with van der Waals surface area (Å²) in [7, 11) is -1.51. The van der Waals surface area contributed by atoms with Gasteiger partial charge in [0.1, 0.15) is 16.8 Å². The minimum atomic E-state index is -1.51. The average Bonchev–Trinajstić information content (AvgIpc) is 2.79. The molecule has 0 aliphatic rings. The molecule has 0 atom stereocenters. The summed E-state index contributed by atoms with van der Waals surface area (Å²) in [5, 5.41) is 17.6. The highest BCUT2D eigenvalue weighted by Crippen LogP contribution is 2.19. The molecule has 176 valence electrons. The second kappa shape index (κ2) is 12.8. The number of nitrogens with zero attached hydrogens (tertiary/aromatic N) is 4. The van der Waals surface area contributed by atoms with Crippen molar-refractivity contribution in [3.05, 3.63) is 100 Å². The third kappa shape index (κ3) is 8.59. The molecule has 0 saturated heterocycles. The van der Waals surface area contributed by atoms with E-state index in [0.717, 1.165) is 34.0 Å². The van der Waals surface area contributed by atoms with Crippen molar-refractivity contribution in [1.29, 1.82) is 0 Å². The summed E-state index contributed by atoms with van der Waals surface area (Å²) < 4.78 is 24.9. The standard InChI is InChI=1S/C12H11FN2.C6H6BFO2.C6H7ClN2/c1-8-7-14-12(9(2)15-8)10-3-5-11(13)6-4-10;8-6-3-1-5(2-4-6)7(9)10;1-4-3-8-6(7)5(2)9-4/h3-7H,1-2H3;1-4,9-10H;3H,1-2H3. The SMILES string of the molecule is Cc1cnc(-c2ccc(F)cc2)c(C)n1.Cc1cnc(Cl)c(C)n1.OB(O)c1ccc(F)cc1. The van der Waals surface area contributed by atoms with Crippen LogP contribution in [0.3, 0.4) is 0 Å². The summed E-state index contributed by atoms with van der Waals surface area (Å²) >= 11 is 5.61. The number of hydrogen-bond donors (Lipinski definition) is 2. The molecule has 0 amide bonds. The number of aromatic nitrogens is 4. The third-order valence-electron chi connectivity index (χ3n) is 4.36. The molecule has 4 aromatic rings. The zero-order chi connectivity index (χ0) is 25.3. The molecule has 0 aliphatic heterocycles. The molecule has 10 heteroatoms. The molecule has 0 aliphatic carbocycles. The van der Waals surface area contributed by atoms with Crippen LogP contribution in [0.2, 0.25) is 5.15 Å². The summed E-state index contributed by atoms with van der Waals surface area (Å²) in [4.78, 5) is 16.6. The molecular weight excluding hydrogens is 461 g/mol. The summed E-state index contributed by atoms with van der Waals surface area (Å²) in [6.45, 7) is 7.52. The first kappa shape index (κ1) is 27.0. The van der Waals surface area contributed by atoms with Crippen LogP contribution >= 0.6 is 11.6 Å². The molecule has 0 bridgehead atoms. The fraction of sp³-hybridized carbons (Fsp3) is 0.167. The summed E-state index contributed by atoms with van der Waals surface area (Å²) in [5.41, 5.74) is 5.43. The molecule has 6 nitrogen and oxygen atoms in total. The van der Waals surface area contributed by atoms with Gasteiger partial charge in [-0.1, -0.05) is 23.7 Å². The lowest BCUT2D eigenvalue weighted by Gasteiger charge is -2.04. The molecule has 0 saturated carbocycles. The lowest BCUT2D eigenvalue weighted by atomic mass is 9.80. The number of halogens is 3. The van der Waals surface area contributed by atoms with Gasteiger partial charge in [-0.05, 0) is 69.6 Å². The van der Waals surface area contributed by atoms with Crippen LogP contribution < -0.4 is 5.46 Å². The zero-order valence-corrected chi connectivity index (χ0v) is 19.9. The number of benzene rings is 2. The molecule has 2 N–H and O–H groups in total. The van der Waals surface area contributed by atoms with E-state index in [1.54, 1.807) is 24.5 Å². The number of hydrogen-bond acceptors (Lipinski definition) is 6. The van der Waals surface area contributed by atoms with Crippen LogP contribution in [0, 0.1) is 39.3 Å². The Kier molecular flexibility index (Phi) is 10.2. The summed E-state index contributed by atoms with van der Waals surface area (Å²) in [5.74, 6) is -0.624. The van der Waals surface area contributed by atoms with Crippen molar-refractivity contribution in [2.24, 2.45) is 0 Å². The lowest BCUT2D eigenvalue weighted by molar-refractivity contribution is 0.425. The van der Waals surface area contributed by atoms with Gasteiger partial charge in [0.15, 0.2) is 0 Å². The van der Waals surface area contributed by atoms with Crippen LogP contribution in [-0.2, 0) is 0 Å². The molecule has 34 heavy (non-hydrogen) atoms. The maximum absolute atomic E-state index is 12.7. The minimum Gasteiger partial charge on any atom is -0.423 e. The first-order chi connectivity index (χ1) is 16.1. The minimum absolute atomic E-state index is 0.239. The molecule has 0 unspecified atom stereocenters. The topological polar surface area (TPSA) is 92.0 Å². The predicted octanol–water partition coefficient (Wildman–Crippen LogP) is 4.15. The normalized spacial score (nSPS) is 9.91.